The van der Waals surface area contributed by atoms with Gasteiger partial charge in [0.15, 0.2) is 0 Å². The van der Waals surface area contributed by atoms with Gasteiger partial charge in [0.1, 0.15) is 5.82 Å². The van der Waals surface area contributed by atoms with Crippen LogP contribution < -0.4 is 4.90 Å². The molecule has 2 aromatic rings. The SMILES string of the molecule is O=C(c1cccnc1N1CCCC1)N1CCC(Cc2ccncc2)C1. The summed E-state index contributed by atoms with van der Waals surface area (Å²) < 4.78 is 0. The maximum Gasteiger partial charge on any atom is 0.257 e. The van der Waals surface area contributed by atoms with Gasteiger partial charge in [0, 0.05) is 44.8 Å². The highest BCUT2D eigenvalue weighted by molar-refractivity contribution is 5.99. The first kappa shape index (κ1) is 16.1. The Morgan fingerprint density at radius 2 is 1.88 bits per heavy atom. The van der Waals surface area contributed by atoms with E-state index in [0.717, 1.165) is 50.4 Å². The van der Waals surface area contributed by atoms with Crippen LogP contribution in [0.3, 0.4) is 0 Å². The van der Waals surface area contributed by atoms with Crippen LogP contribution in [-0.2, 0) is 6.42 Å². The van der Waals surface area contributed by atoms with Gasteiger partial charge in [-0.2, -0.15) is 0 Å². The molecule has 0 aromatic carbocycles. The van der Waals surface area contributed by atoms with Crippen LogP contribution in [0.4, 0.5) is 5.82 Å². The maximum absolute atomic E-state index is 13.1. The number of pyridine rings is 2. The summed E-state index contributed by atoms with van der Waals surface area (Å²) in [6.07, 6.45) is 9.91. The molecule has 0 N–H and O–H groups in total. The zero-order valence-electron chi connectivity index (χ0n) is 14.5. The second-order valence-electron chi connectivity index (χ2n) is 7.03. The third-order valence-corrected chi connectivity index (χ3v) is 5.27. The summed E-state index contributed by atoms with van der Waals surface area (Å²) in [6, 6.07) is 7.94. The highest BCUT2D eigenvalue weighted by Gasteiger charge is 2.29. The Morgan fingerprint density at radius 1 is 1.08 bits per heavy atom. The van der Waals surface area contributed by atoms with E-state index >= 15 is 0 Å². The predicted molar refractivity (Wildman–Crippen MR) is 97.6 cm³/mol. The number of anilines is 1. The number of carbonyl (C=O) groups excluding carboxylic acids is 1. The van der Waals surface area contributed by atoms with Crippen LogP contribution in [0.1, 0.15) is 35.2 Å². The first-order valence-corrected chi connectivity index (χ1v) is 9.19. The molecule has 0 radical (unpaired) electrons. The average Bonchev–Trinajstić information content (AvgIpc) is 3.34. The monoisotopic (exact) mass is 336 g/mol. The van der Waals surface area contributed by atoms with Gasteiger partial charge in [-0.3, -0.25) is 9.78 Å². The van der Waals surface area contributed by atoms with Gasteiger partial charge in [-0.1, -0.05) is 0 Å². The Morgan fingerprint density at radius 3 is 2.68 bits per heavy atom. The molecule has 0 spiro atoms. The summed E-state index contributed by atoms with van der Waals surface area (Å²) in [7, 11) is 0. The van der Waals surface area contributed by atoms with Crippen LogP contribution >= 0.6 is 0 Å². The Hall–Kier alpha value is -2.43. The van der Waals surface area contributed by atoms with Crippen LogP contribution in [0.5, 0.6) is 0 Å². The highest BCUT2D eigenvalue weighted by Crippen LogP contribution is 2.27. The van der Waals surface area contributed by atoms with Crippen molar-refractivity contribution in [2.24, 2.45) is 5.92 Å². The molecule has 0 saturated carbocycles. The number of hydrogen-bond donors (Lipinski definition) is 0. The lowest BCUT2D eigenvalue weighted by Gasteiger charge is -2.22. The standard InChI is InChI=1S/C20H24N4O/c25-20(18-4-3-8-22-19(18)23-11-1-2-12-23)24-13-7-17(15-24)14-16-5-9-21-10-6-16/h3-6,8-10,17H,1-2,7,11-15H2. The zero-order valence-corrected chi connectivity index (χ0v) is 14.5. The van der Waals surface area contributed by atoms with Crippen molar-refractivity contribution in [3.63, 3.8) is 0 Å². The molecule has 5 heteroatoms. The minimum atomic E-state index is 0.132. The lowest BCUT2D eigenvalue weighted by Crippen LogP contribution is -2.31. The number of rotatable bonds is 4. The number of hydrogen-bond acceptors (Lipinski definition) is 4. The van der Waals surface area contributed by atoms with Crippen molar-refractivity contribution < 1.29 is 4.79 Å². The van der Waals surface area contributed by atoms with Gasteiger partial charge in [-0.05, 0) is 61.4 Å². The zero-order chi connectivity index (χ0) is 17.1. The molecule has 4 heterocycles. The number of likely N-dealkylation sites (tertiary alicyclic amines) is 1. The smallest absolute Gasteiger partial charge is 0.257 e. The van der Waals surface area contributed by atoms with Gasteiger partial charge in [-0.25, -0.2) is 4.98 Å². The van der Waals surface area contributed by atoms with Crippen LogP contribution in [0.15, 0.2) is 42.9 Å². The molecule has 5 nitrogen and oxygen atoms in total. The Balaban J connectivity index is 1.45. The Labute approximate surface area is 148 Å². The third kappa shape index (κ3) is 3.50. The van der Waals surface area contributed by atoms with E-state index in [1.165, 1.54) is 18.4 Å². The molecule has 4 rings (SSSR count). The lowest BCUT2D eigenvalue weighted by molar-refractivity contribution is 0.0787. The molecule has 2 aliphatic rings. The van der Waals surface area contributed by atoms with E-state index in [1.807, 2.05) is 29.4 Å². The molecule has 0 bridgehead atoms. The quantitative estimate of drug-likeness (QED) is 0.861. The molecule has 1 unspecified atom stereocenters. The fourth-order valence-corrected chi connectivity index (χ4v) is 3.95. The number of aromatic nitrogens is 2. The molecular weight excluding hydrogens is 312 g/mol. The Kier molecular flexibility index (Phi) is 4.63. The molecule has 2 aliphatic heterocycles. The van der Waals surface area contributed by atoms with Crippen molar-refractivity contribution in [1.29, 1.82) is 0 Å². The lowest BCUT2D eigenvalue weighted by atomic mass is 10.00. The number of nitrogens with zero attached hydrogens (tertiary/aromatic N) is 4. The molecule has 130 valence electrons. The molecule has 1 amide bonds. The van der Waals surface area contributed by atoms with E-state index in [9.17, 15) is 4.79 Å². The molecule has 2 aromatic heterocycles. The van der Waals surface area contributed by atoms with E-state index in [4.69, 9.17) is 0 Å². The second kappa shape index (κ2) is 7.21. The van der Waals surface area contributed by atoms with Crippen molar-refractivity contribution in [2.75, 3.05) is 31.1 Å². The highest BCUT2D eigenvalue weighted by atomic mass is 16.2. The van der Waals surface area contributed by atoms with Crippen LogP contribution in [0.25, 0.3) is 0 Å². The molecule has 25 heavy (non-hydrogen) atoms. The van der Waals surface area contributed by atoms with Gasteiger partial charge >= 0.3 is 0 Å². The molecule has 2 saturated heterocycles. The first-order chi connectivity index (χ1) is 12.3. The van der Waals surface area contributed by atoms with Gasteiger partial charge in [-0.15, -0.1) is 0 Å². The maximum atomic E-state index is 13.1. The van der Waals surface area contributed by atoms with Crippen LogP contribution in [0.2, 0.25) is 0 Å². The minimum absolute atomic E-state index is 0.132. The van der Waals surface area contributed by atoms with Crippen molar-refractivity contribution in [3.05, 3.63) is 54.0 Å². The normalized spacial score (nSPS) is 20.2. The van der Waals surface area contributed by atoms with E-state index in [0.29, 0.717) is 5.92 Å². The second-order valence-corrected chi connectivity index (χ2v) is 7.03. The minimum Gasteiger partial charge on any atom is -0.356 e. The van der Waals surface area contributed by atoms with E-state index in [2.05, 4.69) is 27.0 Å². The summed E-state index contributed by atoms with van der Waals surface area (Å²) in [5, 5.41) is 0. The first-order valence-electron chi connectivity index (χ1n) is 9.19. The molecule has 1 atom stereocenters. The Bertz CT molecular complexity index is 727. The fraction of sp³-hybridized carbons (Fsp3) is 0.450. The van der Waals surface area contributed by atoms with E-state index < -0.39 is 0 Å². The van der Waals surface area contributed by atoms with Crippen molar-refractivity contribution in [3.8, 4) is 0 Å². The largest absolute Gasteiger partial charge is 0.356 e. The van der Waals surface area contributed by atoms with E-state index in [1.54, 1.807) is 6.20 Å². The average molecular weight is 336 g/mol. The molecular formula is C20H24N4O. The van der Waals surface area contributed by atoms with Gasteiger partial charge in [0.2, 0.25) is 0 Å². The summed E-state index contributed by atoms with van der Waals surface area (Å²) in [5.74, 6) is 1.52. The summed E-state index contributed by atoms with van der Waals surface area (Å²) in [5.41, 5.74) is 2.06. The van der Waals surface area contributed by atoms with Crippen molar-refractivity contribution >= 4 is 11.7 Å². The number of carbonyl (C=O) groups is 1. The number of amides is 1. The van der Waals surface area contributed by atoms with Crippen LogP contribution in [0, 0.1) is 5.92 Å². The summed E-state index contributed by atoms with van der Waals surface area (Å²) in [4.78, 5) is 25.9. The molecule has 2 fully saturated rings. The van der Waals surface area contributed by atoms with Gasteiger partial charge in [0.25, 0.3) is 5.91 Å². The van der Waals surface area contributed by atoms with Crippen molar-refractivity contribution in [2.45, 2.75) is 25.7 Å². The van der Waals surface area contributed by atoms with Gasteiger partial charge < -0.3 is 9.80 Å². The summed E-state index contributed by atoms with van der Waals surface area (Å²) in [6.45, 7) is 3.67. The topological polar surface area (TPSA) is 49.3 Å². The predicted octanol–water partition coefficient (Wildman–Crippen LogP) is 2.78. The van der Waals surface area contributed by atoms with Gasteiger partial charge in [0.05, 0.1) is 5.56 Å². The summed E-state index contributed by atoms with van der Waals surface area (Å²) >= 11 is 0. The van der Waals surface area contributed by atoms with Crippen molar-refractivity contribution in [1.82, 2.24) is 14.9 Å². The third-order valence-electron chi connectivity index (χ3n) is 5.27. The fourth-order valence-electron chi connectivity index (χ4n) is 3.95. The van der Waals surface area contributed by atoms with Crippen LogP contribution in [-0.4, -0.2) is 47.0 Å². The van der Waals surface area contributed by atoms with E-state index in [-0.39, 0.29) is 5.91 Å². The molecule has 0 aliphatic carbocycles.